The van der Waals surface area contributed by atoms with Crippen molar-refractivity contribution in [3.05, 3.63) is 29.6 Å². The van der Waals surface area contributed by atoms with Crippen molar-refractivity contribution in [3.63, 3.8) is 0 Å². The molecule has 1 rings (SSSR count). The quantitative estimate of drug-likeness (QED) is 0.786. The number of halogens is 5. The Morgan fingerprint density at radius 3 is 2.07 bits per heavy atom. The molecule has 0 spiro atoms. The summed E-state index contributed by atoms with van der Waals surface area (Å²) in [5.41, 5.74) is -1.22. The van der Waals surface area contributed by atoms with Crippen molar-refractivity contribution in [1.82, 2.24) is 4.98 Å². The average molecular weight is 227 g/mol. The topological polar surface area (TPSA) is 33.1 Å². The lowest BCUT2D eigenvalue weighted by Gasteiger charge is -2.18. The summed E-state index contributed by atoms with van der Waals surface area (Å²) in [6, 6.07) is 1.50. The molecule has 0 aliphatic carbocycles. The van der Waals surface area contributed by atoms with E-state index in [4.69, 9.17) is 5.11 Å². The predicted octanol–water partition coefficient (Wildman–Crippen LogP) is 2.23. The van der Waals surface area contributed by atoms with Gasteiger partial charge in [-0.25, -0.2) is 0 Å². The molecule has 0 saturated heterocycles. The molecule has 7 heteroatoms. The third-order valence-corrected chi connectivity index (χ3v) is 1.69. The van der Waals surface area contributed by atoms with Crippen LogP contribution < -0.4 is 0 Å². The molecule has 0 aliphatic rings. The van der Waals surface area contributed by atoms with Crippen LogP contribution >= 0.6 is 0 Å². The maximum absolute atomic E-state index is 12.6. The molecule has 0 fully saturated rings. The minimum atomic E-state index is -5.67. The predicted molar refractivity (Wildman–Crippen MR) is 40.1 cm³/mol. The zero-order chi connectivity index (χ0) is 11.7. The van der Waals surface area contributed by atoms with Gasteiger partial charge in [0.15, 0.2) is 0 Å². The first-order valence-corrected chi connectivity index (χ1v) is 3.80. The maximum atomic E-state index is 12.6. The van der Waals surface area contributed by atoms with Crippen molar-refractivity contribution in [2.24, 2.45) is 0 Å². The van der Waals surface area contributed by atoms with E-state index in [2.05, 4.69) is 4.98 Å². The zero-order valence-electron chi connectivity index (χ0n) is 7.22. The molecule has 0 saturated carbocycles. The first-order valence-electron chi connectivity index (χ1n) is 3.80. The Labute approximate surface area is 81.4 Å². The molecule has 84 valence electrons. The van der Waals surface area contributed by atoms with Gasteiger partial charge >= 0.3 is 12.1 Å². The number of hydrogen-bond acceptors (Lipinski definition) is 2. The highest BCUT2D eigenvalue weighted by Crippen LogP contribution is 2.42. The van der Waals surface area contributed by atoms with Gasteiger partial charge in [-0.2, -0.15) is 22.0 Å². The van der Waals surface area contributed by atoms with E-state index in [0.29, 0.717) is 6.07 Å². The Hall–Kier alpha value is -1.24. The van der Waals surface area contributed by atoms with Gasteiger partial charge in [-0.1, -0.05) is 6.07 Å². The summed E-state index contributed by atoms with van der Waals surface area (Å²) in [6.07, 6.45) is -4.89. The maximum Gasteiger partial charge on any atom is 0.459 e. The summed E-state index contributed by atoms with van der Waals surface area (Å²) in [6.45, 7) is -0.467. The molecule has 0 radical (unpaired) electrons. The lowest BCUT2D eigenvalue weighted by atomic mass is 10.2. The van der Waals surface area contributed by atoms with Gasteiger partial charge in [0.1, 0.15) is 5.69 Å². The van der Waals surface area contributed by atoms with Crippen LogP contribution in [0.4, 0.5) is 22.0 Å². The summed E-state index contributed by atoms with van der Waals surface area (Å²) in [5.74, 6) is -4.97. The Balaban J connectivity index is 3.06. The van der Waals surface area contributed by atoms with E-state index in [1.165, 1.54) is 0 Å². The molecule has 1 heterocycles. The van der Waals surface area contributed by atoms with E-state index in [9.17, 15) is 22.0 Å². The number of pyridine rings is 1. The van der Waals surface area contributed by atoms with Gasteiger partial charge in [-0.3, -0.25) is 4.98 Å². The molecule has 1 N–H and O–H groups in total. The zero-order valence-corrected chi connectivity index (χ0v) is 7.22. The lowest BCUT2D eigenvalue weighted by Crippen LogP contribution is -2.34. The van der Waals surface area contributed by atoms with Crippen molar-refractivity contribution in [3.8, 4) is 0 Å². The van der Waals surface area contributed by atoms with Crippen molar-refractivity contribution in [1.29, 1.82) is 0 Å². The van der Waals surface area contributed by atoms with Gasteiger partial charge in [-0.05, 0) is 11.6 Å². The minimum Gasteiger partial charge on any atom is -0.392 e. The molecular weight excluding hydrogens is 221 g/mol. The second kappa shape index (κ2) is 3.73. The van der Waals surface area contributed by atoms with Gasteiger partial charge in [0, 0.05) is 6.20 Å². The number of aromatic nitrogens is 1. The van der Waals surface area contributed by atoms with Crippen molar-refractivity contribution >= 4 is 0 Å². The van der Waals surface area contributed by atoms with Gasteiger partial charge in [0.25, 0.3) is 0 Å². The molecule has 0 amide bonds. The summed E-state index contributed by atoms with van der Waals surface area (Å²) in [5, 5.41) is 8.54. The fraction of sp³-hybridized carbons (Fsp3) is 0.375. The molecule has 1 aromatic rings. The summed E-state index contributed by atoms with van der Waals surface area (Å²) < 4.78 is 60.9. The lowest BCUT2D eigenvalue weighted by molar-refractivity contribution is -0.290. The van der Waals surface area contributed by atoms with Gasteiger partial charge in [0.05, 0.1) is 6.61 Å². The molecular formula is C8H6F5NO. The van der Waals surface area contributed by atoms with Crippen molar-refractivity contribution in [2.75, 3.05) is 0 Å². The van der Waals surface area contributed by atoms with Crippen LogP contribution in [0.15, 0.2) is 18.3 Å². The first-order chi connectivity index (χ1) is 6.79. The fourth-order valence-corrected chi connectivity index (χ4v) is 0.849. The third-order valence-electron chi connectivity index (χ3n) is 1.69. The first kappa shape index (κ1) is 11.8. The number of nitrogens with zero attached hydrogens (tertiary/aromatic N) is 1. The van der Waals surface area contributed by atoms with Crippen LogP contribution in [0.5, 0.6) is 0 Å². The molecule has 0 bridgehead atoms. The highest BCUT2D eigenvalue weighted by molar-refractivity contribution is 5.17. The minimum absolute atomic E-state index is 0.164. The Morgan fingerprint density at radius 1 is 1.13 bits per heavy atom. The second-order valence-electron chi connectivity index (χ2n) is 2.78. The number of alkyl halides is 5. The highest BCUT2D eigenvalue weighted by atomic mass is 19.4. The average Bonchev–Trinajstić information content (AvgIpc) is 2.16. The number of aliphatic hydroxyl groups is 1. The Morgan fingerprint density at radius 2 is 1.73 bits per heavy atom. The van der Waals surface area contributed by atoms with E-state index in [1.54, 1.807) is 0 Å². The van der Waals surface area contributed by atoms with Gasteiger partial charge in [-0.15, -0.1) is 0 Å². The molecule has 0 atom stereocenters. The molecule has 15 heavy (non-hydrogen) atoms. The summed E-state index contributed by atoms with van der Waals surface area (Å²) >= 11 is 0. The molecule has 1 aromatic heterocycles. The van der Waals surface area contributed by atoms with Crippen LogP contribution in [-0.4, -0.2) is 16.3 Å². The smallest absolute Gasteiger partial charge is 0.392 e. The van der Waals surface area contributed by atoms with Crippen LogP contribution in [0.1, 0.15) is 11.3 Å². The molecule has 2 nitrogen and oxygen atoms in total. The SMILES string of the molecule is OCc1ccc(C(F)(F)C(F)(F)F)nc1. The molecule has 0 aromatic carbocycles. The second-order valence-corrected chi connectivity index (χ2v) is 2.78. The molecule has 0 unspecified atom stereocenters. The highest BCUT2D eigenvalue weighted by Gasteiger charge is 2.59. The van der Waals surface area contributed by atoms with Crippen molar-refractivity contribution in [2.45, 2.75) is 18.7 Å². The van der Waals surface area contributed by atoms with Crippen LogP contribution in [0.25, 0.3) is 0 Å². The van der Waals surface area contributed by atoms with E-state index in [0.717, 1.165) is 12.3 Å². The van der Waals surface area contributed by atoms with Crippen LogP contribution in [0, 0.1) is 0 Å². The Kier molecular flexibility index (Phi) is 2.94. The van der Waals surface area contributed by atoms with E-state index in [-0.39, 0.29) is 5.56 Å². The Bertz CT molecular complexity index is 332. The summed E-state index contributed by atoms with van der Waals surface area (Å²) in [4.78, 5) is 2.96. The van der Waals surface area contributed by atoms with Crippen LogP contribution in [-0.2, 0) is 12.5 Å². The monoisotopic (exact) mass is 227 g/mol. The number of rotatable bonds is 2. The van der Waals surface area contributed by atoms with E-state index in [1.807, 2.05) is 0 Å². The fourth-order valence-electron chi connectivity index (χ4n) is 0.849. The molecule has 0 aliphatic heterocycles. The number of aliphatic hydroxyl groups excluding tert-OH is 1. The van der Waals surface area contributed by atoms with Crippen LogP contribution in [0.2, 0.25) is 0 Å². The number of hydrogen-bond donors (Lipinski definition) is 1. The van der Waals surface area contributed by atoms with Crippen molar-refractivity contribution < 1.29 is 27.1 Å². The normalized spacial score (nSPS) is 12.9. The van der Waals surface area contributed by atoms with E-state index < -0.39 is 24.4 Å². The third kappa shape index (κ3) is 2.23. The van der Waals surface area contributed by atoms with Gasteiger partial charge in [0.2, 0.25) is 0 Å². The van der Waals surface area contributed by atoms with Gasteiger partial charge < -0.3 is 5.11 Å². The van der Waals surface area contributed by atoms with Crippen LogP contribution in [0.3, 0.4) is 0 Å². The van der Waals surface area contributed by atoms with E-state index >= 15 is 0 Å². The standard InChI is InChI=1S/C8H6F5NO/c9-7(10,8(11,12)13)6-2-1-5(4-15)3-14-6/h1-3,15H,4H2. The largest absolute Gasteiger partial charge is 0.459 e. The summed E-state index contributed by atoms with van der Waals surface area (Å²) in [7, 11) is 0.